The summed E-state index contributed by atoms with van der Waals surface area (Å²) in [6.07, 6.45) is 3.12. The zero-order valence-electron chi connectivity index (χ0n) is 9.65. The highest BCUT2D eigenvalue weighted by Crippen LogP contribution is 2.28. The minimum Gasteiger partial charge on any atom is -0.386 e. The summed E-state index contributed by atoms with van der Waals surface area (Å²) in [4.78, 5) is 7.94. The highest BCUT2D eigenvalue weighted by molar-refractivity contribution is 7.17. The Balaban J connectivity index is 1.89. The lowest BCUT2D eigenvalue weighted by Crippen LogP contribution is -2.03. The first kappa shape index (κ1) is 11.3. The molecule has 0 saturated carbocycles. The molecule has 3 aromatic rings. The van der Waals surface area contributed by atoms with Crippen LogP contribution in [-0.2, 0) is 6.42 Å². The van der Waals surface area contributed by atoms with Gasteiger partial charge in [0.05, 0.1) is 5.69 Å². The molecule has 1 atom stereocenters. The molecule has 0 saturated heterocycles. The van der Waals surface area contributed by atoms with Crippen molar-refractivity contribution in [3.05, 3.63) is 59.5 Å². The van der Waals surface area contributed by atoms with E-state index in [9.17, 15) is 5.11 Å². The van der Waals surface area contributed by atoms with Crippen LogP contribution in [0.25, 0.3) is 10.1 Å². The van der Waals surface area contributed by atoms with E-state index >= 15 is 0 Å². The molecule has 0 fully saturated rings. The number of thiophene rings is 1. The average Bonchev–Trinajstić information content (AvgIpc) is 2.83. The van der Waals surface area contributed by atoms with Gasteiger partial charge in [0.15, 0.2) is 0 Å². The van der Waals surface area contributed by atoms with Gasteiger partial charge in [-0.05, 0) is 28.5 Å². The Hall–Kier alpha value is -1.78. The van der Waals surface area contributed by atoms with Crippen LogP contribution in [0.1, 0.15) is 17.4 Å². The highest BCUT2D eigenvalue weighted by atomic mass is 32.1. The van der Waals surface area contributed by atoms with Crippen LogP contribution >= 0.6 is 11.3 Å². The van der Waals surface area contributed by atoms with E-state index in [4.69, 9.17) is 0 Å². The molecule has 2 aromatic heterocycles. The van der Waals surface area contributed by atoms with E-state index in [1.165, 1.54) is 22.0 Å². The number of aliphatic hydroxyl groups excluding tert-OH is 1. The monoisotopic (exact) mass is 256 g/mol. The van der Waals surface area contributed by atoms with Crippen molar-refractivity contribution >= 4 is 21.4 Å². The lowest BCUT2D eigenvalue weighted by molar-refractivity contribution is 0.174. The topological polar surface area (TPSA) is 46.0 Å². The van der Waals surface area contributed by atoms with Crippen LogP contribution in [0.2, 0.25) is 0 Å². The second-order valence-electron chi connectivity index (χ2n) is 4.11. The van der Waals surface area contributed by atoms with E-state index in [2.05, 4.69) is 27.5 Å². The maximum absolute atomic E-state index is 10.2. The van der Waals surface area contributed by atoms with Crippen LogP contribution in [0.4, 0.5) is 0 Å². The molecule has 1 N–H and O–H groups in total. The summed E-state index contributed by atoms with van der Waals surface area (Å²) < 4.78 is 1.25. The summed E-state index contributed by atoms with van der Waals surface area (Å²) in [6.45, 7) is 0. The van der Waals surface area contributed by atoms with E-state index in [1.54, 1.807) is 23.6 Å². The number of fused-ring (bicyclic) bond motifs is 1. The molecule has 18 heavy (non-hydrogen) atoms. The van der Waals surface area contributed by atoms with Crippen molar-refractivity contribution in [1.82, 2.24) is 9.97 Å². The van der Waals surface area contributed by atoms with Crippen molar-refractivity contribution in [2.75, 3.05) is 0 Å². The zero-order chi connectivity index (χ0) is 12.4. The van der Waals surface area contributed by atoms with Crippen molar-refractivity contribution in [2.45, 2.75) is 12.5 Å². The van der Waals surface area contributed by atoms with E-state index in [-0.39, 0.29) is 0 Å². The number of rotatable bonds is 3. The number of nitrogens with zero attached hydrogens (tertiary/aromatic N) is 2. The Morgan fingerprint density at radius 3 is 2.94 bits per heavy atom. The van der Waals surface area contributed by atoms with Crippen LogP contribution in [-0.4, -0.2) is 15.1 Å². The number of hydrogen-bond acceptors (Lipinski definition) is 4. The van der Waals surface area contributed by atoms with Gasteiger partial charge in [-0.15, -0.1) is 11.3 Å². The molecule has 0 radical (unpaired) electrons. The molecule has 0 aliphatic heterocycles. The number of aromatic nitrogens is 2. The fourth-order valence-corrected chi connectivity index (χ4v) is 2.98. The summed E-state index contributed by atoms with van der Waals surface area (Å²) >= 11 is 1.71. The fourth-order valence-electron chi connectivity index (χ4n) is 2.00. The maximum atomic E-state index is 10.2. The van der Waals surface area contributed by atoms with Gasteiger partial charge in [0.1, 0.15) is 12.4 Å². The first-order chi connectivity index (χ1) is 8.84. The number of hydrogen-bond donors (Lipinski definition) is 1. The predicted octanol–water partition coefficient (Wildman–Crippen LogP) is 2.97. The van der Waals surface area contributed by atoms with E-state index in [0.29, 0.717) is 12.1 Å². The predicted molar refractivity (Wildman–Crippen MR) is 72.5 cm³/mol. The van der Waals surface area contributed by atoms with Crippen LogP contribution in [0.3, 0.4) is 0 Å². The third-order valence-corrected chi connectivity index (χ3v) is 3.93. The van der Waals surface area contributed by atoms with Gasteiger partial charge < -0.3 is 5.11 Å². The first-order valence-corrected chi connectivity index (χ1v) is 6.61. The van der Waals surface area contributed by atoms with Gasteiger partial charge in [-0.3, -0.25) is 0 Å². The largest absolute Gasteiger partial charge is 0.386 e. The van der Waals surface area contributed by atoms with Gasteiger partial charge in [0.2, 0.25) is 0 Å². The molecule has 0 spiro atoms. The first-order valence-electron chi connectivity index (χ1n) is 5.73. The minimum atomic E-state index is -0.578. The summed E-state index contributed by atoms with van der Waals surface area (Å²) in [5.41, 5.74) is 1.84. The number of benzene rings is 1. The zero-order valence-corrected chi connectivity index (χ0v) is 10.5. The van der Waals surface area contributed by atoms with Crippen molar-refractivity contribution < 1.29 is 5.11 Å². The standard InChI is InChI=1S/C14H12N2OS/c17-13(12-5-6-15-9-16-12)7-10-8-18-14-4-2-1-3-11(10)14/h1-6,8-9,13,17H,7H2. The van der Waals surface area contributed by atoms with Gasteiger partial charge in [-0.25, -0.2) is 9.97 Å². The SMILES string of the molecule is OC(Cc1csc2ccccc12)c1ccncn1. The summed E-state index contributed by atoms with van der Waals surface area (Å²) in [5.74, 6) is 0. The van der Waals surface area contributed by atoms with E-state index < -0.39 is 6.10 Å². The average molecular weight is 256 g/mol. The van der Waals surface area contributed by atoms with Crippen molar-refractivity contribution in [3.8, 4) is 0 Å². The molecule has 0 aliphatic rings. The molecule has 90 valence electrons. The molecular weight excluding hydrogens is 244 g/mol. The number of aliphatic hydroxyl groups is 1. The van der Waals surface area contributed by atoms with Crippen molar-refractivity contribution in [3.63, 3.8) is 0 Å². The quantitative estimate of drug-likeness (QED) is 0.783. The van der Waals surface area contributed by atoms with Crippen LogP contribution in [0.15, 0.2) is 48.2 Å². The lowest BCUT2D eigenvalue weighted by atomic mass is 10.0. The second kappa shape index (κ2) is 4.84. The lowest BCUT2D eigenvalue weighted by Gasteiger charge is -2.08. The molecule has 0 bridgehead atoms. The Morgan fingerprint density at radius 1 is 1.22 bits per heavy atom. The summed E-state index contributed by atoms with van der Waals surface area (Å²) in [6, 6.07) is 9.99. The molecule has 1 aromatic carbocycles. The Bertz CT molecular complexity index is 651. The van der Waals surface area contributed by atoms with Crippen LogP contribution < -0.4 is 0 Å². The van der Waals surface area contributed by atoms with Crippen LogP contribution in [0, 0.1) is 0 Å². The Kier molecular flexibility index (Phi) is 3.04. The normalized spacial score (nSPS) is 12.7. The Morgan fingerprint density at radius 2 is 2.11 bits per heavy atom. The molecule has 3 nitrogen and oxygen atoms in total. The molecular formula is C14H12N2OS. The highest BCUT2D eigenvalue weighted by Gasteiger charge is 2.12. The maximum Gasteiger partial charge on any atom is 0.115 e. The van der Waals surface area contributed by atoms with Gasteiger partial charge >= 0.3 is 0 Å². The smallest absolute Gasteiger partial charge is 0.115 e. The van der Waals surface area contributed by atoms with E-state index in [1.807, 2.05) is 12.1 Å². The van der Waals surface area contributed by atoms with Gasteiger partial charge in [-0.1, -0.05) is 18.2 Å². The molecule has 4 heteroatoms. The van der Waals surface area contributed by atoms with Gasteiger partial charge in [0.25, 0.3) is 0 Å². The summed E-state index contributed by atoms with van der Waals surface area (Å²) in [5, 5.41) is 13.5. The molecule has 3 rings (SSSR count). The van der Waals surface area contributed by atoms with Gasteiger partial charge in [0, 0.05) is 17.3 Å². The minimum absolute atomic E-state index is 0.578. The fraction of sp³-hybridized carbons (Fsp3) is 0.143. The molecule has 2 heterocycles. The molecule has 0 amide bonds. The molecule has 1 unspecified atom stereocenters. The third-order valence-electron chi connectivity index (χ3n) is 2.92. The van der Waals surface area contributed by atoms with Crippen molar-refractivity contribution in [2.24, 2.45) is 0 Å². The molecule has 0 aliphatic carbocycles. The Labute approximate surface area is 109 Å². The third kappa shape index (κ3) is 2.12. The van der Waals surface area contributed by atoms with Crippen LogP contribution in [0.5, 0.6) is 0 Å². The van der Waals surface area contributed by atoms with Crippen molar-refractivity contribution in [1.29, 1.82) is 0 Å². The van der Waals surface area contributed by atoms with E-state index in [0.717, 1.165) is 0 Å². The second-order valence-corrected chi connectivity index (χ2v) is 5.02. The van der Waals surface area contributed by atoms with Gasteiger partial charge in [-0.2, -0.15) is 0 Å². The summed E-state index contributed by atoms with van der Waals surface area (Å²) in [7, 11) is 0.